The number of nitrogens with one attached hydrogen (secondary N) is 2. The fourth-order valence-corrected chi connectivity index (χ4v) is 4.16. The van der Waals surface area contributed by atoms with Crippen LogP contribution in [0.2, 0.25) is 0 Å². The summed E-state index contributed by atoms with van der Waals surface area (Å²) in [5.41, 5.74) is 0.916. The molecule has 0 spiro atoms. The van der Waals surface area contributed by atoms with Gasteiger partial charge in [-0.1, -0.05) is 25.2 Å². The van der Waals surface area contributed by atoms with Crippen LogP contribution in [0.25, 0.3) is 0 Å². The van der Waals surface area contributed by atoms with Crippen molar-refractivity contribution < 1.29 is 23.9 Å². The smallest absolute Gasteiger partial charge is 0.348 e. The lowest BCUT2D eigenvalue weighted by Crippen LogP contribution is -2.15. The van der Waals surface area contributed by atoms with E-state index in [1.165, 1.54) is 0 Å². The number of hydrogen-bond acceptors (Lipinski definition) is 8. The van der Waals surface area contributed by atoms with Crippen molar-refractivity contribution in [3.63, 3.8) is 0 Å². The monoisotopic (exact) mass is 426 g/mol. The summed E-state index contributed by atoms with van der Waals surface area (Å²) >= 11 is 1.71. The summed E-state index contributed by atoms with van der Waals surface area (Å²) in [5.74, 6) is -1.60. The lowest BCUT2D eigenvalue weighted by Gasteiger charge is -2.07. The maximum Gasteiger partial charge on any atom is 0.348 e. The van der Waals surface area contributed by atoms with Crippen molar-refractivity contribution in [1.29, 1.82) is 0 Å². The molecule has 1 amide bonds. The number of H-pyrrole nitrogens is 1. The van der Waals surface area contributed by atoms with Gasteiger partial charge in [-0.15, -0.1) is 11.3 Å². The summed E-state index contributed by atoms with van der Waals surface area (Å²) in [6, 6.07) is 0. The lowest BCUT2D eigenvalue weighted by atomic mass is 10.1. The van der Waals surface area contributed by atoms with Crippen LogP contribution < -0.4 is 10.2 Å². The second-order valence-electron chi connectivity index (χ2n) is 6.40. The molecular formula is C18H22N2O6S2. The Hall–Kier alpha value is -2.46. The van der Waals surface area contributed by atoms with E-state index in [-0.39, 0.29) is 44.3 Å². The Morgan fingerprint density at radius 2 is 1.75 bits per heavy atom. The number of thiazole rings is 1. The molecule has 0 radical (unpaired) electrons. The molecule has 2 N–H and O–H groups in total. The molecule has 28 heavy (non-hydrogen) atoms. The zero-order valence-corrected chi connectivity index (χ0v) is 17.9. The van der Waals surface area contributed by atoms with Gasteiger partial charge in [0.15, 0.2) is 0 Å². The molecule has 0 aliphatic rings. The molecule has 8 nitrogen and oxygen atoms in total. The van der Waals surface area contributed by atoms with Crippen LogP contribution in [0.15, 0.2) is 4.79 Å². The molecule has 2 aromatic rings. The number of thiophene rings is 1. The van der Waals surface area contributed by atoms with Gasteiger partial charge in [-0.25, -0.2) is 9.59 Å². The Morgan fingerprint density at radius 1 is 1.07 bits per heavy atom. The molecule has 0 saturated carbocycles. The van der Waals surface area contributed by atoms with E-state index in [2.05, 4.69) is 10.3 Å². The third-order valence-corrected chi connectivity index (χ3v) is 5.79. The van der Waals surface area contributed by atoms with Gasteiger partial charge in [0, 0.05) is 5.69 Å². The number of carbonyl (C=O) groups excluding carboxylic acids is 3. The van der Waals surface area contributed by atoms with E-state index in [0.29, 0.717) is 11.3 Å². The molecule has 152 valence electrons. The number of anilines is 1. The normalized spacial score (nSPS) is 10.8. The van der Waals surface area contributed by atoms with Crippen molar-refractivity contribution in [2.75, 3.05) is 18.5 Å². The molecule has 0 unspecified atom stereocenters. The Kier molecular flexibility index (Phi) is 7.14. The van der Waals surface area contributed by atoms with Crippen molar-refractivity contribution in [2.24, 2.45) is 5.92 Å². The van der Waals surface area contributed by atoms with Crippen LogP contribution in [0.5, 0.6) is 0 Å². The molecule has 0 aliphatic heterocycles. The van der Waals surface area contributed by atoms with Crippen LogP contribution in [-0.2, 0) is 9.47 Å². The summed E-state index contributed by atoms with van der Waals surface area (Å²) in [4.78, 5) is 51.4. The van der Waals surface area contributed by atoms with Gasteiger partial charge in [0.05, 0.1) is 18.8 Å². The van der Waals surface area contributed by atoms with Gasteiger partial charge >= 0.3 is 16.8 Å². The summed E-state index contributed by atoms with van der Waals surface area (Å²) < 4.78 is 10.3. The SMILES string of the molecule is CCOC(=O)c1c(NC(=O)c2sc(=O)[nH]c2C)sc(C(=O)OCC(C)C)c1C. The van der Waals surface area contributed by atoms with Crippen LogP contribution in [0, 0.1) is 19.8 Å². The summed E-state index contributed by atoms with van der Waals surface area (Å²) in [6.07, 6.45) is 0. The first-order valence-electron chi connectivity index (χ1n) is 8.64. The van der Waals surface area contributed by atoms with Crippen LogP contribution in [0.3, 0.4) is 0 Å². The van der Waals surface area contributed by atoms with E-state index in [1.807, 2.05) is 13.8 Å². The van der Waals surface area contributed by atoms with Gasteiger partial charge < -0.3 is 19.8 Å². The van der Waals surface area contributed by atoms with Crippen LogP contribution >= 0.6 is 22.7 Å². The first kappa shape index (κ1) is 21.8. The molecule has 2 heterocycles. The Bertz CT molecular complexity index is 954. The predicted octanol–water partition coefficient (Wildman–Crippen LogP) is 3.36. The number of rotatable bonds is 7. The topological polar surface area (TPSA) is 115 Å². The molecule has 2 rings (SSSR count). The van der Waals surface area contributed by atoms with Crippen LogP contribution in [0.1, 0.15) is 61.7 Å². The molecule has 0 saturated heterocycles. The van der Waals surface area contributed by atoms with Gasteiger partial charge in [0.2, 0.25) is 0 Å². The molecule has 0 bridgehead atoms. The molecule has 0 atom stereocenters. The second kappa shape index (κ2) is 9.16. The first-order chi connectivity index (χ1) is 13.1. The second-order valence-corrected chi connectivity index (χ2v) is 8.40. The number of hydrogen-bond donors (Lipinski definition) is 2. The number of aryl methyl sites for hydroxylation is 1. The average molecular weight is 427 g/mol. The fraction of sp³-hybridized carbons (Fsp3) is 0.444. The minimum absolute atomic E-state index is 0.109. The molecule has 0 aromatic carbocycles. The first-order valence-corrected chi connectivity index (χ1v) is 10.3. The highest BCUT2D eigenvalue weighted by molar-refractivity contribution is 7.19. The number of amides is 1. The van der Waals surface area contributed by atoms with Crippen molar-refractivity contribution in [3.8, 4) is 0 Å². The minimum Gasteiger partial charge on any atom is -0.462 e. The van der Waals surface area contributed by atoms with E-state index < -0.39 is 17.8 Å². The van der Waals surface area contributed by atoms with Gasteiger partial charge in [-0.3, -0.25) is 9.59 Å². The van der Waals surface area contributed by atoms with E-state index >= 15 is 0 Å². The summed E-state index contributed by atoms with van der Waals surface area (Å²) in [7, 11) is 0. The largest absolute Gasteiger partial charge is 0.462 e. The quantitative estimate of drug-likeness (QED) is 0.656. The highest BCUT2D eigenvalue weighted by Crippen LogP contribution is 2.35. The number of aromatic amines is 1. The Balaban J connectivity index is 2.40. The average Bonchev–Trinajstić information content (AvgIpc) is 3.11. The highest BCUT2D eigenvalue weighted by Gasteiger charge is 2.28. The molecular weight excluding hydrogens is 404 g/mol. The lowest BCUT2D eigenvalue weighted by molar-refractivity contribution is 0.0464. The van der Waals surface area contributed by atoms with E-state index in [0.717, 1.165) is 22.7 Å². The maximum atomic E-state index is 12.6. The fourth-order valence-electron chi connectivity index (χ4n) is 2.33. The molecule has 0 fully saturated rings. The van der Waals surface area contributed by atoms with E-state index in [9.17, 15) is 19.2 Å². The van der Waals surface area contributed by atoms with Crippen molar-refractivity contribution in [1.82, 2.24) is 4.98 Å². The van der Waals surface area contributed by atoms with Gasteiger partial charge in [-0.2, -0.15) is 0 Å². The third-order valence-electron chi connectivity index (χ3n) is 3.62. The van der Waals surface area contributed by atoms with Gasteiger partial charge in [-0.05, 0) is 32.3 Å². The zero-order chi connectivity index (χ0) is 21.0. The maximum absolute atomic E-state index is 12.6. The van der Waals surface area contributed by atoms with E-state index in [1.54, 1.807) is 20.8 Å². The van der Waals surface area contributed by atoms with Crippen molar-refractivity contribution in [3.05, 3.63) is 36.2 Å². The van der Waals surface area contributed by atoms with Gasteiger partial charge in [0.1, 0.15) is 14.8 Å². The summed E-state index contributed by atoms with van der Waals surface area (Å²) in [5, 5.41) is 2.80. The highest BCUT2D eigenvalue weighted by atomic mass is 32.1. The van der Waals surface area contributed by atoms with Crippen LogP contribution in [-0.4, -0.2) is 36.0 Å². The van der Waals surface area contributed by atoms with Crippen LogP contribution in [0.4, 0.5) is 5.00 Å². The third kappa shape index (κ3) is 4.87. The Morgan fingerprint density at radius 3 is 2.29 bits per heavy atom. The predicted molar refractivity (Wildman–Crippen MR) is 108 cm³/mol. The zero-order valence-electron chi connectivity index (χ0n) is 16.3. The minimum atomic E-state index is -0.645. The van der Waals surface area contributed by atoms with Gasteiger partial charge in [0.25, 0.3) is 5.91 Å². The molecule has 10 heteroatoms. The summed E-state index contributed by atoms with van der Waals surface area (Å²) in [6.45, 7) is 9.08. The standard InChI is InChI=1S/C18H22N2O6S2/c1-6-25-16(22)11-9(4)12(17(23)26-7-8(2)3)27-15(11)20-14(21)13-10(5)19-18(24)28-13/h8H,6-7H2,1-5H3,(H,19,24)(H,20,21). The number of esters is 2. The van der Waals surface area contributed by atoms with Crippen molar-refractivity contribution in [2.45, 2.75) is 34.6 Å². The Labute approximate surface area is 169 Å². The van der Waals surface area contributed by atoms with Crippen molar-refractivity contribution >= 4 is 45.5 Å². The van der Waals surface area contributed by atoms with E-state index in [4.69, 9.17) is 9.47 Å². The molecule has 2 aromatic heterocycles. The number of aromatic nitrogens is 1. The molecule has 0 aliphatic carbocycles. The number of ether oxygens (including phenoxy) is 2. The number of carbonyl (C=O) groups is 3.